The van der Waals surface area contributed by atoms with Crippen molar-refractivity contribution in [1.29, 1.82) is 0 Å². The fourth-order valence-corrected chi connectivity index (χ4v) is 2.78. The highest BCUT2D eigenvalue weighted by Crippen LogP contribution is 2.15. The van der Waals surface area contributed by atoms with Gasteiger partial charge in [-0.3, -0.25) is 0 Å². The fourth-order valence-electron chi connectivity index (χ4n) is 1.68. The van der Waals surface area contributed by atoms with E-state index in [0.717, 1.165) is 12.8 Å². The first-order chi connectivity index (χ1) is 8.09. The molecule has 1 aliphatic heterocycles. The molecule has 1 aliphatic rings. The van der Waals surface area contributed by atoms with E-state index in [9.17, 15) is 13.2 Å². The van der Waals surface area contributed by atoms with E-state index < -0.39 is 16.3 Å². The van der Waals surface area contributed by atoms with Gasteiger partial charge in [0.2, 0.25) is 0 Å². The van der Waals surface area contributed by atoms with Crippen LogP contribution in [0.15, 0.2) is 30.3 Å². The van der Waals surface area contributed by atoms with Gasteiger partial charge in [-0.2, -0.15) is 12.7 Å². The van der Waals surface area contributed by atoms with E-state index in [1.807, 2.05) is 0 Å². The van der Waals surface area contributed by atoms with Gasteiger partial charge in [0.1, 0.15) is 0 Å². The second-order valence-corrected chi connectivity index (χ2v) is 5.34. The fraction of sp³-hybridized carbons (Fsp3) is 0.364. The SMILES string of the molecule is O=C(OS(=O)(=O)N1CCCC1)c1ccccc1. The lowest BCUT2D eigenvalue weighted by atomic mass is 10.2. The summed E-state index contributed by atoms with van der Waals surface area (Å²) in [6.45, 7) is 0.842. The van der Waals surface area contributed by atoms with Crippen LogP contribution in [0.3, 0.4) is 0 Å². The van der Waals surface area contributed by atoms with Crippen molar-refractivity contribution in [2.75, 3.05) is 13.1 Å². The number of nitrogens with zero attached hydrogens (tertiary/aromatic N) is 1. The van der Waals surface area contributed by atoms with E-state index in [2.05, 4.69) is 4.18 Å². The summed E-state index contributed by atoms with van der Waals surface area (Å²) < 4.78 is 29.2. The Balaban J connectivity index is 2.08. The molecule has 5 nitrogen and oxygen atoms in total. The molecule has 17 heavy (non-hydrogen) atoms. The largest absolute Gasteiger partial charge is 0.387 e. The van der Waals surface area contributed by atoms with Gasteiger partial charge < -0.3 is 4.18 Å². The number of carbonyl (C=O) groups excluding carboxylic acids is 1. The average molecular weight is 255 g/mol. The Bertz CT molecular complexity index is 491. The first-order valence-electron chi connectivity index (χ1n) is 5.38. The summed E-state index contributed by atoms with van der Waals surface area (Å²) in [6, 6.07) is 8.08. The van der Waals surface area contributed by atoms with Crippen molar-refractivity contribution in [1.82, 2.24) is 4.31 Å². The minimum absolute atomic E-state index is 0.232. The van der Waals surface area contributed by atoms with Crippen molar-refractivity contribution in [2.45, 2.75) is 12.8 Å². The molecule has 0 aromatic heterocycles. The zero-order valence-corrected chi connectivity index (χ0v) is 10.0. The Kier molecular flexibility index (Phi) is 3.44. The van der Waals surface area contributed by atoms with Gasteiger partial charge in [0, 0.05) is 13.1 Å². The maximum absolute atomic E-state index is 11.7. The van der Waals surface area contributed by atoms with Gasteiger partial charge >= 0.3 is 16.3 Å². The predicted molar refractivity (Wildman–Crippen MR) is 61.6 cm³/mol. The van der Waals surface area contributed by atoms with Gasteiger partial charge in [-0.1, -0.05) is 18.2 Å². The van der Waals surface area contributed by atoms with Crippen LogP contribution in [-0.2, 0) is 14.5 Å². The van der Waals surface area contributed by atoms with Gasteiger partial charge in [0.25, 0.3) is 0 Å². The van der Waals surface area contributed by atoms with E-state index in [-0.39, 0.29) is 5.56 Å². The summed E-state index contributed by atoms with van der Waals surface area (Å²) in [5, 5.41) is 0. The van der Waals surface area contributed by atoms with Gasteiger partial charge in [0.05, 0.1) is 5.56 Å². The van der Waals surface area contributed by atoms with Gasteiger partial charge in [-0.15, -0.1) is 0 Å². The number of rotatable bonds is 3. The van der Waals surface area contributed by atoms with Crippen LogP contribution in [0.2, 0.25) is 0 Å². The Morgan fingerprint density at radius 1 is 1.12 bits per heavy atom. The molecule has 2 rings (SSSR count). The van der Waals surface area contributed by atoms with E-state index >= 15 is 0 Å². The summed E-state index contributed by atoms with van der Waals surface area (Å²) in [5.41, 5.74) is 0.232. The van der Waals surface area contributed by atoms with Crippen LogP contribution in [0, 0.1) is 0 Å². The Labute approximate surface area is 100 Å². The zero-order chi connectivity index (χ0) is 12.3. The van der Waals surface area contributed by atoms with Crippen LogP contribution in [0.4, 0.5) is 0 Å². The molecule has 0 spiro atoms. The molecule has 0 amide bonds. The van der Waals surface area contributed by atoms with E-state index in [1.165, 1.54) is 16.4 Å². The zero-order valence-electron chi connectivity index (χ0n) is 9.20. The number of benzene rings is 1. The third kappa shape index (κ3) is 2.83. The van der Waals surface area contributed by atoms with E-state index in [4.69, 9.17) is 0 Å². The van der Waals surface area contributed by atoms with Crippen molar-refractivity contribution in [2.24, 2.45) is 0 Å². The summed E-state index contributed by atoms with van der Waals surface area (Å²) in [6.07, 6.45) is 1.62. The molecule has 1 saturated heterocycles. The molecule has 0 unspecified atom stereocenters. The smallest absolute Gasteiger partial charge is 0.329 e. The first-order valence-corrected chi connectivity index (χ1v) is 6.75. The summed E-state index contributed by atoms with van der Waals surface area (Å²) in [4.78, 5) is 11.6. The Morgan fingerprint density at radius 3 is 2.29 bits per heavy atom. The van der Waals surface area contributed by atoms with Crippen LogP contribution in [0.1, 0.15) is 23.2 Å². The number of hydrogen-bond donors (Lipinski definition) is 0. The molecule has 1 heterocycles. The molecule has 0 N–H and O–H groups in total. The molecular formula is C11H13NO4S. The van der Waals surface area contributed by atoms with E-state index in [1.54, 1.807) is 18.2 Å². The summed E-state index contributed by atoms with van der Waals surface area (Å²) in [5.74, 6) is -0.836. The lowest BCUT2D eigenvalue weighted by Crippen LogP contribution is -2.31. The normalized spacial score (nSPS) is 16.9. The van der Waals surface area contributed by atoms with Crippen molar-refractivity contribution in [3.8, 4) is 0 Å². The second-order valence-electron chi connectivity index (χ2n) is 3.80. The molecule has 1 aromatic rings. The highest BCUT2D eigenvalue weighted by molar-refractivity contribution is 7.84. The minimum Gasteiger partial charge on any atom is -0.329 e. The van der Waals surface area contributed by atoms with Crippen molar-refractivity contribution in [3.63, 3.8) is 0 Å². The number of carbonyl (C=O) groups is 1. The lowest BCUT2D eigenvalue weighted by Gasteiger charge is -2.14. The monoisotopic (exact) mass is 255 g/mol. The molecule has 0 atom stereocenters. The minimum atomic E-state index is -3.92. The van der Waals surface area contributed by atoms with Crippen LogP contribution in [0.25, 0.3) is 0 Å². The van der Waals surface area contributed by atoms with E-state index in [0.29, 0.717) is 13.1 Å². The Hall–Kier alpha value is -1.40. The predicted octanol–water partition coefficient (Wildman–Crippen LogP) is 1.18. The van der Waals surface area contributed by atoms with Gasteiger partial charge in [-0.05, 0) is 25.0 Å². The highest BCUT2D eigenvalue weighted by atomic mass is 32.2. The number of hydrogen-bond acceptors (Lipinski definition) is 4. The van der Waals surface area contributed by atoms with Crippen LogP contribution in [0.5, 0.6) is 0 Å². The molecule has 1 fully saturated rings. The molecule has 0 bridgehead atoms. The molecule has 0 aliphatic carbocycles. The van der Waals surface area contributed by atoms with Crippen molar-refractivity contribution in [3.05, 3.63) is 35.9 Å². The highest BCUT2D eigenvalue weighted by Gasteiger charge is 2.29. The average Bonchev–Trinajstić information content (AvgIpc) is 2.84. The third-order valence-corrected chi connectivity index (χ3v) is 3.93. The standard InChI is InChI=1S/C11H13NO4S/c13-11(10-6-2-1-3-7-10)16-17(14,15)12-8-4-5-9-12/h1-3,6-7H,4-5,8-9H2. The summed E-state index contributed by atoms with van der Waals surface area (Å²) >= 11 is 0. The van der Waals surface area contributed by atoms with Crippen LogP contribution < -0.4 is 0 Å². The molecular weight excluding hydrogens is 242 g/mol. The third-order valence-electron chi connectivity index (χ3n) is 2.57. The van der Waals surface area contributed by atoms with Crippen molar-refractivity contribution < 1.29 is 17.4 Å². The summed E-state index contributed by atoms with van der Waals surface area (Å²) in [7, 11) is -3.92. The quantitative estimate of drug-likeness (QED) is 0.813. The molecule has 0 radical (unpaired) electrons. The van der Waals surface area contributed by atoms with Crippen LogP contribution in [-0.4, -0.2) is 31.8 Å². The molecule has 6 heteroatoms. The van der Waals surface area contributed by atoms with Crippen LogP contribution >= 0.6 is 0 Å². The van der Waals surface area contributed by atoms with Gasteiger partial charge in [-0.25, -0.2) is 4.79 Å². The second kappa shape index (κ2) is 4.85. The topological polar surface area (TPSA) is 63.7 Å². The lowest BCUT2D eigenvalue weighted by molar-refractivity contribution is 0.0733. The molecule has 1 aromatic carbocycles. The maximum atomic E-state index is 11.7. The molecule has 92 valence electrons. The Morgan fingerprint density at radius 2 is 1.71 bits per heavy atom. The molecule has 0 saturated carbocycles. The van der Waals surface area contributed by atoms with Gasteiger partial charge in [0.15, 0.2) is 0 Å². The first kappa shape index (κ1) is 12.1. The maximum Gasteiger partial charge on any atom is 0.387 e. The van der Waals surface area contributed by atoms with Crippen molar-refractivity contribution >= 4 is 16.3 Å².